The molecule has 1 N–H and O–H groups in total. The summed E-state index contributed by atoms with van der Waals surface area (Å²) in [7, 11) is 0. The summed E-state index contributed by atoms with van der Waals surface area (Å²) in [5, 5.41) is 10.2. The number of aromatic carboxylic acids is 1. The van der Waals surface area contributed by atoms with Crippen LogP contribution in [0, 0.1) is 13.8 Å². The number of aryl methyl sites for hydroxylation is 2. The Morgan fingerprint density at radius 3 is 2.33 bits per heavy atom. The predicted octanol–water partition coefficient (Wildman–Crippen LogP) is 4.22. The van der Waals surface area contributed by atoms with Gasteiger partial charge in [0.1, 0.15) is 0 Å². The fourth-order valence-corrected chi connectivity index (χ4v) is 2.42. The Bertz CT molecular complexity index is 839. The lowest BCUT2D eigenvalue weighted by Gasteiger charge is -2.09. The predicted molar refractivity (Wildman–Crippen MR) is 83.6 cm³/mol. The zero-order chi connectivity index (χ0) is 15.0. The highest BCUT2D eigenvalue weighted by Gasteiger charge is 2.13. The summed E-state index contributed by atoms with van der Waals surface area (Å²) >= 11 is 0. The van der Waals surface area contributed by atoms with Gasteiger partial charge < -0.3 is 5.11 Å². The molecule has 2 aromatic carbocycles. The summed E-state index contributed by atoms with van der Waals surface area (Å²) in [5.41, 5.74) is 4.79. The Balaban J connectivity index is 2.35. The van der Waals surface area contributed by atoms with Crippen molar-refractivity contribution in [2.45, 2.75) is 13.8 Å². The van der Waals surface area contributed by atoms with Gasteiger partial charge in [0.05, 0.1) is 16.8 Å². The quantitative estimate of drug-likeness (QED) is 0.763. The molecule has 0 amide bonds. The van der Waals surface area contributed by atoms with Crippen LogP contribution in [0.1, 0.15) is 21.5 Å². The number of fused-ring (bicyclic) bond motifs is 1. The molecule has 3 rings (SSSR count). The summed E-state index contributed by atoms with van der Waals surface area (Å²) < 4.78 is 0. The van der Waals surface area contributed by atoms with Gasteiger partial charge in [-0.15, -0.1) is 0 Å². The lowest BCUT2D eigenvalue weighted by atomic mass is 10.00. The third-order valence-corrected chi connectivity index (χ3v) is 3.72. The van der Waals surface area contributed by atoms with Gasteiger partial charge in [0.2, 0.25) is 0 Å². The van der Waals surface area contributed by atoms with E-state index in [0.717, 1.165) is 22.2 Å². The summed E-state index contributed by atoms with van der Waals surface area (Å²) in [6.45, 7) is 3.98. The van der Waals surface area contributed by atoms with Gasteiger partial charge in [-0.1, -0.05) is 30.3 Å². The van der Waals surface area contributed by atoms with E-state index in [1.165, 1.54) is 0 Å². The fraction of sp³-hybridized carbons (Fsp3) is 0.111. The third kappa shape index (κ3) is 2.38. The molecule has 3 nitrogen and oxygen atoms in total. The Kier molecular flexibility index (Phi) is 3.18. The second-order valence-corrected chi connectivity index (χ2v) is 5.18. The topological polar surface area (TPSA) is 50.2 Å². The molecule has 104 valence electrons. The van der Waals surface area contributed by atoms with E-state index in [1.54, 1.807) is 6.07 Å². The van der Waals surface area contributed by atoms with E-state index in [0.29, 0.717) is 16.6 Å². The van der Waals surface area contributed by atoms with Crippen LogP contribution in [0.2, 0.25) is 0 Å². The van der Waals surface area contributed by atoms with Crippen molar-refractivity contribution in [1.29, 1.82) is 0 Å². The third-order valence-electron chi connectivity index (χ3n) is 3.72. The molecule has 0 unspecified atom stereocenters. The maximum absolute atomic E-state index is 11.6. The van der Waals surface area contributed by atoms with Crippen LogP contribution in [0.5, 0.6) is 0 Å². The molecule has 1 heterocycles. The van der Waals surface area contributed by atoms with Crippen molar-refractivity contribution in [3.63, 3.8) is 0 Å². The molecule has 0 saturated heterocycles. The van der Waals surface area contributed by atoms with Gasteiger partial charge in [-0.05, 0) is 43.2 Å². The van der Waals surface area contributed by atoms with Gasteiger partial charge in [0.15, 0.2) is 0 Å². The van der Waals surface area contributed by atoms with Gasteiger partial charge in [-0.25, -0.2) is 9.78 Å². The molecule has 0 radical (unpaired) electrons. The Labute approximate surface area is 122 Å². The number of pyridine rings is 1. The molecular formula is C18H15NO2. The van der Waals surface area contributed by atoms with E-state index in [9.17, 15) is 9.90 Å². The normalized spacial score (nSPS) is 10.8. The highest BCUT2D eigenvalue weighted by Crippen LogP contribution is 2.27. The summed E-state index contributed by atoms with van der Waals surface area (Å²) in [5.74, 6) is -0.928. The van der Waals surface area contributed by atoms with Crippen molar-refractivity contribution in [3.05, 3.63) is 65.2 Å². The van der Waals surface area contributed by atoms with Crippen molar-refractivity contribution >= 4 is 16.9 Å². The standard InChI is InChI=1S/C18H15NO2/c1-11-8-14-15(18(20)21)10-16(13-6-4-3-5-7-13)19-17(14)9-12(11)2/h3-10H,1-2H3,(H,20,21). The van der Waals surface area contributed by atoms with Crippen molar-refractivity contribution < 1.29 is 9.90 Å². The number of carbonyl (C=O) groups is 1. The van der Waals surface area contributed by atoms with Gasteiger partial charge in [-0.3, -0.25) is 0 Å². The Morgan fingerprint density at radius 2 is 1.67 bits per heavy atom. The lowest BCUT2D eigenvalue weighted by molar-refractivity contribution is 0.0699. The summed E-state index contributed by atoms with van der Waals surface area (Å²) in [4.78, 5) is 16.2. The van der Waals surface area contributed by atoms with Crippen LogP contribution in [-0.4, -0.2) is 16.1 Å². The molecule has 0 aliphatic heterocycles. The first kappa shape index (κ1) is 13.3. The van der Waals surface area contributed by atoms with Crippen LogP contribution in [0.3, 0.4) is 0 Å². The molecule has 0 aliphatic rings. The zero-order valence-corrected chi connectivity index (χ0v) is 11.9. The molecule has 1 aromatic heterocycles. The molecule has 21 heavy (non-hydrogen) atoms. The number of carboxylic acids is 1. The molecule has 0 saturated carbocycles. The molecule has 0 spiro atoms. The van der Waals surface area contributed by atoms with Gasteiger partial charge in [0, 0.05) is 10.9 Å². The lowest BCUT2D eigenvalue weighted by Crippen LogP contribution is -2.01. The Morgan fingerprint density at radius 1 is 1.00 bits per heavy atom. The number of hydrogen-bond acceptors (Lipinski definition) is 2. The molecule has 0 bridgehead atoms. The van der Waals surface area contributed by atoms with E-state index >= 15 is 0 Å². The van der Waals surface area contributed by atoms with Crippen molar-refractivity contribution in [2.75, 3.05) is 0 Å². The zero-order valence-electron chi connectivity index (χ0n) is 11.9. The SMILES string of the molecule is Cc1cc2nc(-c3ccccc3)cc(C(=O)O)c2cc1C. The Hall–Kier alpha value is -2.68. The van der Waals surface area contributed by atoms with E-state index in [2.05, 4.69) is 4.98 Å². The summed E-state index contributed by atoms with van der Waals surface area (Å²) in [6.07, 6.45) is 0. The van der Waals surface area contributed by atoms with Crippen LogP contribution < -0.4 is 0 Å². The smallest absolute Gasteiger partial charge is 0.336 e. The van der Waals surface area contributed by atoms with Gasteiger partial charge in [-0.2, -0.15) is 0 Å². The number of carboxylic acid groups (broad SMARTS) is 1. The van der Waals surface area contributed by atoms with Gasteiger partial charge in [0.25, 0.3) is 0 Å². The first-order chi connectivity index (χ1) is 10.1. The number of nitrogens with zero attached hydrogens (tertiary/aromatic N) is 1. The second kappa shape index (κ2) is 5.02. The fourth-order valence-electron chi connectivity index (χ4n) is 2.42. The summed E-state index contributed by atoms with van der Waals surface area (Å²) in [6, 6.07) is 15.1. The average molecular weight is 277 g/mol. The van der Waals surface area contributed by atoms with E-state index < -0.39 is 5.97 Å². The highest BCUT2D eigenvalue weighted by molar-refractivity contribution is 6.04. The molecule has 0 atom stereocenters. The second-order valence-electron chi connectivity index (χ2n) is 5.18. The van der Waals surface area contributed by atoms with Crippen LogP contribution in [-0.2, 0) is 0 Å². The maximum Gasteiger partial charge on any atom is 0.336 e. The largest absolute Gasteiger partial charge is 0.478 e. The number of hydrogen-bond donors (Lipinski definition) is 1. The van der Waals surface area contributed by atoms with E-state index in [4.69, 9.17) is 0 Å². The first-order valence-corrected chi connectivity index (χ1v) is 6.77. The monoisotopic (exact) mass is 277 g/mol. The number of aromatic nitrogens is 1. The minimum absolute atomic E-state index is 0.293. The number of rotatable bonds is 2. The molecular weight excluding hydrogens is 262 g/mol. The molecule has 3 aromatic rings. The highest BCUT2D eigenvalue weighted by atomic mass is 16.4. The molecule has 0 aliphatic carbocycles. The van der Waals surface area contributed by atoms with Crippen LogP contribution in [0.25, 0.3) is 22.2 Å². The van der Waals surface area contributed by atoms with Crippen LogP contribution >= 0.6 is 0 Å². The van der Waals surface area contributed by atoms with Gasteiger partial charge >= 0.3 is 5.97 Å². The van der Waals surface area contributed by atoms with Crippen molar-refractivity contribution in [1.82, 2.24) is 4.98 Å². The van der Waals surface area contributed by atoms with Crippen LogP contribution in [0.4, 0.5) is 0 Å². The van der Waals surface area contributed by atoms with E-state index in [-0.39, 0.29) is 0 Å². The maximum atomic E-state index is 11.6. The minimum Gasteiger partial charge on any atom is -0.478 e. The van der Waals surface area contributed by atoms with E-state index in [1.807, 2.05) is 56.3 Å². The molecule has 0 fully saturated rings. The van der Waals surface area contributed by atoms with Crippen LogP contribution in [0.15, 0.2) is 48.5 Å². The average Bonchev–Trinajstić information content (AvgIpc) is 2.48. The van der Waals surface area contributed by atoms with Crippen molar-refractivity contribution in [3.8, 4) is 11.3 Å². The minimum atomic E-state index is -0.928. The molecule has 3 heteroatoms. The first-order valence-electron chi connectivity index (χ1n) is 6.77. The number of benzene rings is 2. The van der Waals surface area contributed by atoms with Crippen molar-refractivity contribution in [2.24, 2.45) is 0 Å².